The lowest BCUT2D eigenvalue weighted by atomic mass is 9.84. The van der Waals surface area contributed by atoms with E-state index in [4.69, 9.17) is 15.2 Å². The smallest absolute Gasteiger partial charge is 0.312 e. The molecule has 2 unspecified atom stereocenters. The van der Waals surface area contributed by atoms with Gasteiger partial charge in [0.15, 0.2) is 0 Å². The number of carbonyl (C=O) groups is 1. The summed E-state index contributed by atoms with van der Waals surface area (Å²) < 4.78 is 10.7. The minimum atomic E-state index is -0.625. The van der Waals surface area contributed by atoms with Crippen molar-refractivity contribution in [2.75, 3.05) is 13.7 Å². The van der Waals surface area contributed by atoms with E-state index in [-0.39, 0.29) is 17.7 Å². The van der Waals surface area contributed by atoms with Gasteiger partial charge in [0.1, 0.15) is 0 Å². The SMILES string of the molecule is COC(=O)C(C)(CN)CC1CCC(C)(C)O1. The van der Waals surface area contributed by atoms with Crippen LogP contribution in [0.3, 0.4) is 0 Å². The summed E-state index contributed by atoms with van der Waals surface area (Å²) in [4.78, 5) is 11.7. The van der Waals surface area contributed by atoms with Crippen molar-refractivity contribution >= 4 is 5.97 Å². The molecule has 1 heterocycles. The molecule has 1 fully saturated rings. The number of esters is 1. The van der Waals surface area contributed by atoms with Crippen molar-refractivity contribution in [2.24, 2.45) is 11.1 Å². The van der Waals surface area contributed by atoms with Crippen LogP contribution >= 0.6 is 0 Å². The molecule has 0 aliphatic carbocycles. The molecular weight excluding hydrogens is 206 g/mol. The fraction of sp³-hybridized carbons (Fsp3) is 0.917. The molecule has 2 atom stereocenters. The number of nitrogens with two attached hydrogens (primary N) is 1. The van der Waals surface area contributed by atoms with Gasteiger partial charge in [-0.1, -0.05) is 0 Å². The minimum absolute atomic E-state index is 0.0731. The quantitative estimate of drug-likeness (QED) is 0.742. The number of ether oxygens (including phenoxy) is 2. The first-order valence-corrected chi connectivity index (χ1v) is 5.79. The van der Waals surface area contributed by atoms with Gasteiger partial charge in [0.2, 0.25) is 0 Å². The van der Waals surface area contributed by atoms with E-state index in [2.05, 4.69) is 13.8 Å². The van der Waals surface area contributed by atoms with Gasteiger partial charge in [0.05, 0.1) is 24.2 Å². The molecule has 2 N–H and O–H groups in total. The van der Waals surface area contributed by atoms with E-state index >= 15 is 0 Å². The van der Waals surface area contributed by atoms with Crippen LogP contribution < -0.4 is 5.73 Å². The van der Waals surface area contributed by atoms with Crippen molar-refractivity contribution in [1.29, 1.82) is 0 Å². The third-order valence-corrected chi connectivity index (χ3v) is 3.36. The number of hydrogen-bond acceptors (Lipinski definition) is 4. The molecular formula is C12H23NO3. The maximum atomic E-state index is 11.7. The fourth-order valence-electron chi connectivity index (χ4n) is 2.22. The molecule has 0 bridgehead atoms. The van der Waals surface area contributed by atoms with Gasteiger partial charge in [0, 0.05) is 6.54 Å². The largest absolute Gasteiger partial charge is 0.469 e. The number of hydrogen-bond donors (Lipinski definition) is 1. The molecule has 0 spiro atoms. The Hall–Kier alpha value is -0.610. The molecule has 0 aromatic heterocycles. The molecule has 16 heavy (non-hydrogen) atoms. The molecule has 0 saturated carbocycles. The number of methoxy groups -OCH3 is 1. The van der Waals surface area contributed by atoms with E-state index in [1.54, 1.807) is 0 Å². The second-order valence-corrected chi connectivity index (χ2v) is 5.50. The number of carbonyl (C=O) groups excluding carboxylic acids is 1. The van der Waals surface area contributed by atoms with E-state index in [1.807, 2.05) is 6.92 Å². The Morgan fingerprint density at radius 1 is 1.62 bits per heavy atom. The predicted molar refractivity (Wildman–Crippen MR) is 62.0 cm³/mol. The van der Waals surface area contributed by atoms with Crippen LogP contribution in [0.25, 0.3) is 0 Å². The Balaban J connectivity index is 2.61. The molecule has 1 saturated heterocycles. The van der Waals surface area contributed by atoms with E-state index < -0.39 is 5.41 Å². The molecule has 1 aliphatic heterocycles. The third-order valence-electron chi connectivity index (χ3n) is 3.36. The number of rotatable bonds is 4. The van der Waals surface area contributed by atoms with Crippen molar-refractivity contribution in [3.05, 3.63) is 0 Å². The van der Waals surface area contributed by atoms with Gasteiger partial charge in [-0.05, 0) is 40.0 Å². The van der Waals surface area contributed by atoms with Crippen molar-refractivity contribution < 1.29 is 14.3 Å². The van der Waals surface area contributed by atoms with Gasteiger partial charge >= 0.3 is 5.97 Å². The lowest BCUT2D eigenvalue weighted by molar-refractivity contribution is -0.154. The van der Waals surface area contributed by atoms with Crippen LogP contribution in [0, 0.1) is 5.41 Å². The molecule has 0 radical (unpaired) electrons. The molecule has 1 aliphatic rings. The predicted octanol–water partition coefficient (Wildman–Crippen LogP) is 1.47. The van der Waals surface area contributed by atoms with Crippen LogP contribution in [-0.2, 0) is 14.3 Å². The van der Waals surface area contributed by atoms with Gasteiger partial charge in [-0.2, -0.15) is 0 Å². The average Bonchev–Trinajstić information content (AvgIpc) is 2.56. The molecule has 0 aromatic rings. The van der Waals surface area contributed by atoms with Gasteiger partial charge in [-0.3, -0.25) is 4.79 Å². The normalized spacial score (nSPS) is 27.4. The van der Waals surface area contributed by atoms with Crippen LogP contribution in [0.4, 0.5) is 0 Å². The van der Waals surface area contributed by atoms with Crippen molar-refractivity contribution in [3.63, 3.8) is 0 Å². The van der Waals surface area contributed by atoms with Crippen molar-refractivity contribution in [2.45, 2.75) is 51.7 Å². The molecule has 0 aromatic carbocycles. The third kappa shape index (κ3) is 2.95. The van der Waals surface area contributed by atoms with Crippen molar-refractivity contribution in [3.8, 4) is 0 Å². The molecule has 0 amide bonds. The Bertz CT molecular complexity index is 265. The highest BCUT2D eigenvalue weighted by atomic mass is 16.5. The van der Waals surface area contributed by atoms with Crippen LogP contribution in [0.5, 0.6) is 0 Å². The first kappa shape index (κ1) is 13.5. The van der Waals surface area contributed by atoms with Crippen LogP contribution in [-0.4, -0.2) is 31.3 Å². The fourth-order valence-corrected chi connectivity index (χ4v) is 2.22. The first-order valence-electron chi connectivity index (χ1n) is 5.79. The lowest BCUT2D eigenvalue weighted by Gasteiger charge is -2.28. The second-order valence-electron chi connectivity index (χ2n) is 5.50. The highest BCUT2D eigenvalue weighted by molar-refractivity contribution is 5.76. The lowest BCUT2D eigenvalue weighted by Crippen LogP contribution is -2.40. The Morgan fingerprint density at radius 3 is 2.62 bits per heavy atom. The molecule has 94 valence electrons. The van der Waals surface area contributed by atoms with Crippen LogP contribution in [0.2, 0.25) is 0 Å². The zero-order valence-electron chi connectivity index (χ0n) is 10.7. The highest BCUT2D eigenvalue weighted by Gasteiger charge is 2.40. The van der Waals surface area contributed by atoms with E-state index in [1.165, 1.54) is 7.11 Å². The van der Waals surface area contributed by atoms with E-state index in [0.29, 0.717) is 13.0 Å². The summed E-state index contributed by atoms with van der Waals surface area (Å²) >= 11 is 0. The minimum Gasteiger partial charge on any atom is -0.469 e. The summed E-state index contributed by atoms with van der Waals surface area (Å²) in [6.07, 6.45) is 2.77. The Kier molecular flexibility index (Phi) is 3.97. The molecule has 1 rings (SSSR count). The Labute approximate surface area is 97.5 Å². The summed E-state index contributed by atoms with van der Waals surface area (Å²) in [5, 5.41) is 0. The average molecular weight is 229 g/mol. The second kappa shape index (κ2) is 4.72. The van der Waals surface area contributed by atoms with Gasteiger partial charge in [-0.15, -0.1) is 0 Å². The summed E-state index contributed by atoms with van der Waals surface area (Å²) in [6, 6.07) is 0. The standard InChI is InChI=1S/C12H23NO3/c1-11(2)6-5-9(16-11)7-12(3,8-13)10(14)15-4/h9H,5-8,13H2,1-4H3. The molecule has 4 heteroatoms. The van der Waals surface area contributed by atoms with Crippen LogP contribution in [0.15, 0.2) is 0 Å². The topological polar surface area (TPSA) is 61.5 Å². The summed E-state index contributed by atoms with van der Waals surface area (Å²) in [6.45, 7) is 6.28. The van der Waals surface area contributed by atoms with Crippen LogP contribution in [0.1, 0.15) is 40.0 Å². The highest BCUT2D eigenvalue weighted by Crippen LogP contribution is 2.36. The van der Waals surface area contributed by atoms with Gasteiger partial charge < -0.3 is 15.2 Å². The van der Waals surface area contributed by atoms with E-state index in [0.717, 1.165) is 12.8 Å². The maximum Gasteiger partial charge on any atom is 0.312 e. The first-order chi connectivity index (χ1) is 7.33. The zero-order chi connectivity index (χ0) is 12.4. The summed E-state index contributed by atoms with van der Waals surface area (Å²) in [7, 11) is 1.40. The van der Waals surface area contributed by atoms with Gasteiger partial charge in [0.25, 0.3) is 0 Å². The zero-order valence-corrected chi connectivity index (χ0v) is 10.7. The monoisotopic (exact) mass is 229 g/mol. The van der Waals surface area contributed by atoms with E-state index in [9.17, 15) is 4.79 Å². The Morgan fingerprint density at radius 2 is 2.25 bits per heavy atom. The van der Waals surface area contributed by atoms with Crippen molar-refractivity contribution in [1.82, 2.24) is 0 Å². The maximum absolute atomic E-state index is 11.7. The molecule has 4 nitrogen and oxygen atoms in total. The van der Waals surface area contributed by atoms with Gasteiger partial charge in [-0.25, -0.2) is 0 Å². The summed E-state index contributed by atoms with van der Waals surface area (Å²) in [5.74, 6) is -0.247. The summed E-state index contributed by atoms with van der Waals surface area (Å²) in [5.41, 5.74) is 4.97.